The highest BCUT2D eigenvalue weighted by molar-refractivity contribution is 7.80. The highest BCUT2D eigenvalue weighted by Crippen LogP contribution is 1.80. The van der Waals surface area contributed by atoms with E-state index in [4.69, 9.17) is 17.0 Å². The SMILES string of the molecule is CCOCCCNC(=S)NCCNC(=O)N(C)C. The third-order valence-corrected chi connectivity index (χ3v) is 2.34. The number of nitrogens with zero attached hydrogens (tertiary/aromatic N) is 1. The maximum Gasteiger partial charge on any atom is 0.316 e. The van der Waals surface area contributed by atoms with Crippen LogP contribution in [0.2, 0.25) is 0 Å². The van der Waals surface area contributed by atoms with Gasteiger partial charge in [0.05, 0.1) is 0 Å². The van der Waals surface area contributed by atoms with Gasteiger partial charge < -0.3 is 25.6 Å². The van der Waals surface area contributed by atoms with Crippen LogP contribution in [0.5, 0.6) is 0 Å². The molecule has 0 saturated heterocycles. The minimum absolute atomic E-state index is 0.104. The summed E-state index contributed by atoms with van der Waals surface area (Å²) in [5.41, 5.74) is 0. The first-order chi connectivity index (χ1) is 8.57. The van der Waals surface area contributed by atoms with Crippen LogP contribution in [0.4, 0.5) is 4.79 Å². The molecule has 0 aromatic heterocycles. The topological polar surface area (TPSA) is 65.6 Å². The summed E-state index contributed by atoms with van der Waals surface area (Å²) in [6.45, 7) is 5.39. The molecule has 7 heteroatoms. The van der Waals surface area contributed by atoms with Crippen LogP contribution in [0.15, 0.2) is 0 Å². The molecule has 3 N–H and O–H groups in total. The summed E-state index contributed by atoms with van der Waals surface area (Å²) in [5, 5.41) is 9.42. The molecule has 6 nitrogen and oxygen atoms in total. The molecule has 0 bridgehead atoms. The first kappa shape index (κ1) is 16.9. The molecule has 2 amide bonds. The van der Waals surface area contributed by atoms with E-state index in [0.717, 1.165) is 26.2 Å². The van der Waals surface area contributed by atoms with Crippen molar-refractivity contribution in [2.45, 2.75) is 13.3 Å². The number of urea groups is 1. The Kier molecular flexibility index (Phi) is 10.4. The van der Waals surface area contributed by atoms with E-state index in [1.807, 2.05) is 6.92 Å². The molecule has 0 rings (SSSR count). The van der Waals surface area contributed by atoms with Gasteiger partial charge in [-0.3, -0.25) is 0 Å². The number of carbonyl (C=O) groups is 1. The minimum atomic E-state index is -0.104. The number of rotatable bonds is 8. The van der Waals surface area contributed by atoms with Gasteiger partial charge in [0.2, 0.25) is 0 Å². The molecule has 0 aliphatic rings. The van der Waals surface area contributed by atoms with Gasteiger partial charge in [-0.25, -0.2) is 4.79 Å². The molecule has 0 unspecified atom stereocenters. The Balaban J connectivity index is 3.34. The monoisotopic (exact) mass is 276 g/mol. The molecule has 18 heavy (non-hydrogen) atoms. The van der Waals surface area contributed by atoms with Crippen LogP contribution in [-0.4, -0.2) is 63.0 Å². The number of thiocarbonyl (C=S) groups is 1. The van der Waals surface area contributed by atoms with Crippen molar-refractivity contribution < 1.29 is 9.53 Å². The summed E-state index contributed by atoms with van der Waals surface area (Å²) in [4.78, 5) is 12.7. The van der Waals surface area contributed by atoms with Crippen LogP contribution < -0.4 is 16.0 Å². The van der Waals surface area contributed by atoms with Crippen molar-refractivity contribution in [3.8, 4) is 0 Å². The Morgan fingerprint density at radius 2 is 1.78 bits per heavy atom. The summed E-state index contributed by atoms with van der Waals surface area (Å²) in [5.74, 6) is 0. The zero-order valence-corrected chi connectivity index (χ0v) is 12.2. The number of amides is 2. The zero-order chi connectivity index (χ0) is 13.8. The Labute approximate surface area is 114 Å². The Morgan fingerprint density at radius 1 is 1.17 bits per heavy atom. The van der Waals surface area contributed by atoms with E-state index in [2.05, 4.69) is 16.0 Å². The van der Waals surface area contributed by atoms with Crippen LogP contribution in [0.25, 0.3) is 0 Å². The van der Waals surface area contributed by atoms with Gasteiger partial charge >= 0.3 is 6.03 Å². The third-order valence-electron chi connectivity index (χ3n) is 2.05. The van der Waals surface area contributed by atoms with E-state index in [-0.39, 0.29) is 6.03 Å². The molecule has 0 aliphatic heterocycles. The summed E-state index contributed by atoms with van der Waals surface area (Å²) in [7, 11) is 3.40. The van der Waals surface area contributed by atoms with Crippen LogP contribution in [-0.2, 0) is 4.74 Å². The van der Waals surface area contributed by atoms with Crippen molar-refractivity contribution in [3.63, 3.8) is 0 Å². The van der Waals surface area contributed by atoms with Crippen molar-refractivity contribution in [2.24, 2.45) is 0 Å². The molecule has 0 radical (unpaired) electrons. The highest BCUT2D eigenvalue weighted by atomic mass is 32.1. The molecule has 0 aromatic rings. The largest absolute Gasteiger partial charge is 0.382 e. The minimum Gasteiger partial charge on any atom is -0.382 e. The highest BCUT2D eigenvalue weighted by Gasteiger charge is 2.01. The number of ether oxygens (including phenoxy) is 1. The lowest BCUT2D eigenvalue weighted by Gasteiger charge is -2.13. The standard InChI is InChI=1S/C11H24N4O2S/c1-4-17-9-5-6-12-10(18)13-7-8-14-11(16)15(2)3/h4-9H2,1-3H3,(H,14,16)(H2,12,13,18). The number of carbonyl (C=O) groups excluding carboxylic acids is 1. The molecule has 0 heterocycles. The lowest BCUT2D eigenvalue weighted by atomic mass is 10.4. The van der Waals surface area contributed by atoms with Gasteiger partial charge in [-0.2, -0.15) is 0 Å². The van der Waals surface area contributed by atoms with Crippen molar-refractivity contribution >= 4 is 23.4 Å². The normalized spacial score (nSPS) is 9.72. The summed E-state index contributed by atoms with van der Waals surface area (Å²) in [6.07, 6.45) is 0.924. The average molecular weight is 276 g/mol. The van der Waals surface area contributed by atoms with E-state index in [1.54, 1.807) is 14.1 Å². The number of hydrogen-bond donors (Lipinski definition) is 3. The fourth-order valence-electron chi connectivity index (χ4n) is 1.09. The van der Waals surface area contributed by atoms with E-state index >= 15 is 0 Å². The van der Waals surface area contributed by atoms with Crippen LogP contribution in [0, 0.1) is 0 Å². The number of nitrogens with one attached hydrogen (secondary N) is 3. The van der Waals surface area contributed by atoms with Gasteiger partial charge in [0.1, 0.15) is 0 Å². The molecule has 0 aliphatic carbocycles. The molecule has 106 valence electrons. The third kappa shape index (κ3) is 10.1. The van der Waals surface area contributed by atoms with E-state index < -0.39 is 0 Å². The molecule has 0 fully saturated rings. The second kappa shape index (κ2) is 11.0. The second-order valence-corrected chi connectivity index (χ2v) is 4.27. The molecule has 0 aromatic carbocycles. The predicted octanol–water partition coefficient (Wildman–Crippen LogP) is 0.148. The summed E-state index contributed by atoms with van der Waals surface area (Å²) in [6, 6.07) is -0.104. The first-order valence-corrected chi connectivity index (χ1v) is 6.53. The first-order valence-electron chi connectivity index (χ1n) is 6.12. The van der Waals surface area contributed by atoms with Crippen molar-refractivity contribution in [2.75, 3.05) is 46.9 Å². The smallest absolute Gasteiger partial charge is 0.316 e. The second-order valence-electron chi connectivity index (χ2n) is 3.86. The zero-order valence-electron chi connectivity index (χ0n) is 11.4. The van der Waals surface area contributed by atoms with Crippen molar-refractivity contribution in [1.82, 2.24) is 20.9 Å². The molecular weight excluding hydrogens is 252 g/mol. The quantitative estimate of drug-likeness (QED) is 0.435. The van der Waals surface area contributed by atoms with E-state index in [0.29, 0.717) is 18.2 Å². The van der Waals surface area contributed by atoms with Gasteiger partial charge in [0.15, 0.2) is 5.11 Å². The Bertz CT molecular complexity index is 249. The molecule has 0 spiro atoms. The van der Waals surface area contributed by atoms with Gasteiger partial charge in [-0.1, -0.05) is 0 Å². The maximum absolute atomic E-state index is 11.2. The van der Waals surface area contributed by atoms with Gasteiger partial charge in [0.25, 0.3) is 0 Å². The van der Waals surface area contributed by atoms with E-state index in [1.165, 1.54) is 4.90 Å². The van der Waals surface area contributed by atoms with Crippen molar-refractivity contribution in [1.29, 1.82) is 0 Å². The lowest BCUT2D eigenvalue weighted by molar-refractivity contribution is 0.145. The van der Waals surface area contributed by atoms with Gasteiger partial charge in [-0.15, -0.1) is 0 Å². The summed E-state index contributed by atoms with van der Waals surface area (Å²) >= 11 is 5.08. The Morgan fingerprint density at radius 3 is 2.39 bits per heavy atom. The van der Waals surface area contributed by atoms with E-state index in [9.17, 15) is 4.79 Å². The van der Waals surface area contributed by atoms with Crippen molar-refractivity contribution in [3.05, 3.63) is 0 Å². The van der Waals surface area contributed by atoms with Gasteiger partial charge in [-0.05, 0) is 25.6 Å². The summed E-state index contributed by atoms with van der Waals surface area (Å²) < 4.78 is 5.21. The molecule has 0 atom stereocenters. The number of hydrogen-bond acceptors (Lipinski definition) is 3. The van der Waals surface area contributed by atoms with Gasteiger partial charge in [0, 0.05) is 46.9 Å². The maximum atomic E-state index is 11.2. The fraction of sp³-hybridized carbons (Fsp3) is 0.818. The van der Waals surface area contributed by atoms with Crippen LogP contribution in [0.1, 0.15) is 13.3 Å². The average Bonchev–Trinajstić information content (AvgIpc) is 2.34. The molecular formula is C11H24N4O2S. The fourth-order valence-corrected chi connectivity index (χ4v) is 1.29. The van der Waals surface area contributed by atoms with Crippen LogP contribution in [0.3, 0.4) is 0 Å². The Hall–Kier alpha value is -1.08. The molecule has 0 saturated carbocycles. The lowest BCUT2D eigenvalue weighted by Crippen LogP contribution is -2.42. The van der Waals surface area contributed by atoms with Crippen LogP contribution >= 0.6 is 12.2 Å². The predicted molar refractivity (Wildman–Crippen MR) is 76.8 cm³/mol.